The number of fused-ring (bicyclic) bond motifs is 1. The molecule has 0 aliphatic carbocycles. The van der Waals surface area contributed by atoms with Crippen molar-refractivity contribution in [1.82, 2.24) is 10.4 Å². The molecule has 4 aromatic rings. The van der Waals surface area contributed by atoms with Crippen molar-refractivity contribution in [3.05, 3.63) is 114 Å². The first-order valence-corrected chi connectivity index (χ1v) is 10.2. The number of hydrogen-bond donors (Lipinski definition) is 1. The molecule has 0 fully saturated rings. The molecule has 152 valence electrons. The van der Waals surface area contributed by atoms with Gasteiger partial charge in [0.2, 0.25) is 0 Å². The number of aromatic nitrogens is 1. The van der Waals surface area contributed by atoms with E-state index in [2.05, 4.69) is 23.2 Å². The van der Waals surface area contributed by atoms with Crippen LogP contribution in [0.25, 0.3) is 22.2 Å². The van der Waals surface area contributed by atoms with Gasteiger partial charge < -0.3 is 0 Å². The highest BCUT2D eigenvalue weighted by atomic mass is 16.2. The molecule has 31 heavy (non-hydrogen) atoms. The molecular weight excluding hydrogens is 382 g/mol. The minimum atomic E-state index is -0.271. The fraction of sp³-hybridized carbons (Fsp3) is 0.0741. The predicted molar refractivity (Wildman–Crippen MR) is 127 cm³/mol. The standard InChI is InChI=1S/C27H23N3O/c1-3-10-20-13-9-14-22(19(20)2)18-28-30-27(31)24-17-26(21-11-5-4-6-12-21)29-25-16-8-7-15-23(24)25/h3-9,11-18H,1,10H2,2H3,(H,30,31). The molecule has 1 N–H and O–H groups in total. The highest BCUT2D eigenvalue weighted by Gasteiger charge is 2.13. The molecule has 1 heterocycles. The van der Waals surface area contributed by atoms with Gasteiger partial charge >= 0.3 is 0 Å². The van der Waals surface area contributed by atoms with E-state index in [1.807, 2.05) is 85.8 Å². The van der Waals surface area contributed by atoms with Crippen LogP contribution in [-0.4, -0.2) is 17.1 Å². The van der Waals surface area contributed by atoms with Gasteiger partial charge in [0.05, 0.1) is 23.0 Å². The van der Waals surface area contributed by atoms with Crippen LogP contribution in [0.5, 0.6) is 0 Å². The zero-order valence-electron chi connectivity index (χ0n) is 17.4. The number of amides is 1. The maximum atomic E-state index is 13.0. The van der Waals surface area contributed by atoms with Crippen molar-refractivity contribution in [3.8, 4) is 11.3 Å². The predicted octanol–water partition coefficient (Wildman–Crippen LogP) is 5.70. The van der Waals surface area contributed by atoms with Gasteiger partial charge in [0, 0.05) is 10.9 Å². The number of carbonyl (C=O) groups is 1. The molecule has 3 aromatic carbocycles. The molecule has 4 heteroatoms. The zero-order chi connectivity index (χ0) is 21.6. The van der Waals surface area contributed by atoms with Crippen LogP contribution in [0.15, 0.2) is 96.6 Å². The van der Waals surface area contributed by atoms with Gasteiger partial charge in [-0.15, -0.1) is 6.58 Å². The second kappa shape index (κ2) is 9.18. The monoisotopic (exact) mass is 405 g/mol. The van der Waals surface area contributed by atoms with Gasteiger partial charge in [-0.25, -0.2) is 10.4 Å². The molecule has 0 aliphatic rings. The Kier molecular flexibility index (Phi) is 5.99. The number of rotatable bonds is 6. The molecule has 0 spiro atoms. The largest absolute Gasteiger partial charge is 0.272 e. The van der Waals surface area contributed by atoms with E-state index in [1.54, 1.807) is 6.21 Å². The fourth-order valence-electron chi connectivity index (χ4n) is 3.56. The van der Waals surface area contributed by atoms with Crippen molar-refractivity contribution in [1.29, 1.82) is 0 Å². The Hall–Kier alpha value is -4.05. The molecule has 0 atom stereocenters. The highest BCUT2D eigenvalue weighted by molar-refractivity contribution is 6.07. The Morgan fingerprint density at radius 2 is 1.81 bits per heavy atom. The van der Waals surface area contributed by atoms with E-state index in [9.17, 15) is 4.79 Å². The van der Waals surface area contributed by atoms with Crippen LogP contribution in [0.3, 0.4) is 0 Å². The zero-order valence-corrected chi connectivity index (χ0v) is 17.4. The fourth-order valence-corrected chi connectivity index (χ4v) is 3.56. The van der Waals surface area contributed by atoms with Gasteiger partial charge in [0.1, 0.15) is 0 Å². The molecular formula is C27H23N3O. The first-order valence-electron chi connectivity index (χ1n) is 10.2. The van der Waals surface area contributed by atoms with Crippen LogP contribution in [0.4, 0.5) is 0 Å². The summed E-state index contributed by atoms with van der Waals surface area (Å²) < 4.78 is 0. The number of hydrazone groups is 1. The average molecular weight is 406 g/mol. The normalized spacial score (nSPS) is 11.0. The van der Waals surface area contributed by atoms with Crippen molar-refractivity contribution in [2.45, 2.75) is 13.3 Å². The van der Waals surface area contributed by atoms with E-state index < -0.39 is 0 Å². The second-order valence-corrected chi connectivity index (χ2v) is 7.26. The van der Waals surface area contributed by atoms with Gasteiger partial charge in [-0.05, 0) is 42.2 Å². The summed E-state index contributed by atoms with van der Waals surface area (Å²) in [5.74, 6) is -0.271. The van der Waals surface area contributed by atoms with Gasteiger partial charge in [-0.1, -0.05) is 72.8 Å². The van der Waals surface area contributed by atoms with Gasteiger partial charge in [0.25, 0.3) is 5.91 Å². The lowest BCUT2D eigenvalue weighted by atomic mass is 10.0. The third-order valence-corrected chi connectivity index (χ3v) is 5.25. The van der Waals surface area contributed by atoms with Gasteiger partial charge in [0.15, 0.2) is 0 Å². The summed E-state index contributed by atoms with van der Waals surface area (Å²) in [6.07, 6.45) is 4.36. The van der Waals surface area contributed by atoms with Gasteiger partial charge in [-0.3, -0.25) is 4.79 Å². The molecule has 4 rings (SSSR count). The van der Waals surface area contributed by atoms with Crippen LogP contribution < -0.4 is 5.43 Å². The smallest absolute Gasteiger partial charge is 0.267 e. The van der Waals surface area contributed by atoms with E-state index in [4.69, 9.17) is 4.98 Å². The van der Waals surface area contributed by atoms with E-state index in [-0.39, 0.29) is 5.91 Å². The molecule has 4 nitrogen and oxygen atoms in total. The quantitative estimate of drug-likeness (QED) is 0.254. The van der Waals surface area contributed by atoms with Crippen molar-refractivity contribution in [3.63, 3.8) is 0 Å². The third-order valence-electron chi connectivity index (χ3n) is 5.25. The lowest BCUT2D eigenvalue weighted by molar-refractivity contribution is 0.0956. The summed E-state index contributed by atoms with van der Waals surface area (Å²) in [5.41, 5.74) is 8.98. The van der Waals surface area contributed by atoms with Crippen LogP contribution >= 0.6 is 0 Å². The summed E-state index contributed by atoms with van der Waals surface area (Å²) >= 11 is 0. The third kappa shape index (κ3) is 4.43. The maximum Gasteiger partial charge on any atom is 0.272 e. The first-order chi connectivity index (χ1) is 15.2. The summed E-state index contributed by atoms with van der Waals surface area (Å²) in [7, 11) is 0. The van der Waals surface area contributed by atoms with Crippen LogP contribution in [0, 0.1) is 6.92 Å². The van der Waals surface area contributed by atoms with Crippen LogP contribution in [0.1, 0.15) is 27.0 Å². The number of hydrogen-bond acceptors (Lipinski definition) is 3. The number of nitrogens with one attached hydrogen (secondary N) is 1. The number of benzene rings is 3. The summed E-state index contributed by atoms with van der Waals surface area (Å²) in [6, 6.07) is 25.3. The van der Waals surface area contributed by atoms with E-state index in [0.29, 0.717) is 5.56 Å². The number of nitrogens with zero attached hydrogens (tertiary/aromatic N) is 2. The number of allylic oxidation sites excluding steroid dienone is 1. The number of carbonyl (C=O) groups excluding carboxylic acids is 1. The highest BCUT2D eigenvalue weighted by Crippen LogP contribution is 2.24. The van der Waals surface area contributed by atoms with Crippen molar-refractivity contribution < 1.29 is 4.79 Å². The number of para-hydroxylation sites is 1. The van der Waals surface area contributed by atoms with Gasteiger partial charge in [-0.2, -0.15) is 5.10 Å². The van der Waals surface area contributed by atoms with Crippen molar-refractivity contribution in [2.24, 2.45) is 5.10 Å². The minimum Gasteiger partial charge on any atom is -0.267 e. The Balaban J connectivity index is 1.64. The first kappa shape index (κ1) is 20.2. The Bertz CT molecular complexity index is 1280. The molecule has 0 aliphatic heterocycles. The maximum absolute atomic E-state index is 13.0. The average Bonchev–Trinajstić information content (AvgIpc) is 2.81. The lowest BCUT2D eigenvalue weighted by Crippen LogP contribution is -2.18. The molecule has 0 saturated heterocycles. The molecule has 1 amide bonds. The van der Waals surface area contributed by atoms with Crippen molar-refractivity contribution in [2.75, 3.05) is 0 Å². The van der Waals surface area contributed by atoms with E-state index >= 15 is 0 Å². The molecule has 0 bridgehead atoms. The summed E-state index contributed by atoms with van der Waals surface area (Å²) in [4.78, 5) is 17.7. The topological polar surface area (TPSA) is 54.4 Å². The molecule has 0 radical (unpaired) electrons. The van der Waals surface area contributed by atoms with Crippen molar-refractivity contribution >= 4 is 23.0 Å². The second-order valence-electron chi connectivity index (χ2n) is 7.26. The lowest BCUT2D eigenvalue weighted by Gasteiger charge is -2.09. The minimum absolute atomic E-state index is 0.271. The molecule has 1 aromatic heterocycles. The Morgan fingerprint density at radius 1 is 1.03 bits per heavy atom. The Labute approximate surface area is 182 Å². The number of pyridine rings is 1. The van der Waals surface area contributed by atoms with Crippen LogP contribution in [0.2, 0.25) is 0 Å². The van der Waals surface area contributed by atoms with E-state index in [1.165, 1.54) is 5.56 Å². The van der Waals surface area contributed by atoms with Crippen LogP contribution in [-0.2, 0) is 6.42 Å². The SMILES string of the molecule is C=CCc1cccc(C=NNC(=O)c2cc(-c3ccccc3)nc3ccccc23)c1C. The Morgan fingerprint density at radius 3 is 2.61 bits per heavy atom. The molecule has 0 saturated carbocycles. The molecule has 0 unspecified atom stereocenters. The summed E-state index contributed by atoms with van der Waals surface area (Å²) in [5, 5.41) is 5.01. The van der Waals surface area contributed by atoms with E-state index in [0.717, 1.165) is 39.7 Å². The summed E-state index contributed by atoms with van der Waals surface area (Å²) in [6.45, 7) is 5.85.